The third-order valence-corrected chi connectivity index (χ3v) is 6.13. The molecule has 1 aliphatic heterocycles. The second-order valence-corrected chi connectivity index (χ2v) is 8.56. The van der Waals surface area contributed by atoms with Crippen molar-refractivity contribution in [1.29, 1.82) is 0 Å². The van der Waals surface area contributed by atoms with E-state index in [0.717, 1.165) is 47.1 Å². The number of likely N-dealkylation sites (N-methyl/N-ethyl adjacent to an activating group) is 1. The first kappa shape index (κ1) is 21.6. The highest BCUT2D eigenvalue weighted by Crippen LogP contribution is 2.44. The van der Waals surface area contributed by atoms with Gasteiger partial charge < -0.3 is 15.4 Å². The van der Waals surface area contributed by atoms with E-state index in [2.05, 4.69) is 73.9 Å². The number of ether oxygens (including phenoxy) is 1. The summed E-state index contributed by atoms with van der Waals surface area (Å²) in [6.07, 6.45) is 12.1. The molecule has 0 aromatic heterocycles. The van der Waals surface area contributed by atoms with Gasteiger partial charge in [0.1, 0.15) is 11.4 Å². The lowest BCUT2D eigenvalue weighted by Crippen LogP contribution is -2.33. The van der Waals surface area contributed by atoms with Gasteiger partial charge in [0.15, 0.2) is 11.5 Å². The first-order valence-electron chi connectivity index (χ1n) is 11.9. The molecule has 0 bridgehead atoms. The van der Waals surface area contributed by atoms with Gasteiger partial charge >= 0.3 is 0 Å². The maximum absolute atomic E-state index is 6.39. The van der Waals surface area contributed by atoms with E-state index in [9.17, 15) is 0 Å². The van der Waals surface area contributed by atoms with E-state index < -0.39 is 0 Å². The van der Waals surface area contributed by atoms with Crippen LogP contribution in [0.2, 0.25) is 0 Å². The lowest BCUT2D eigenvalue weighted by atomic mass is 9.97. The van der Waals surface area contributed by atoms with Gasteiger partial charge in [0.25, 0.3) is 0 Å². The molecule has 1 unspecified atom stereocenters. The molecule has 0 fully saturated rings. The molecule has 1 atom stereocenters. The summed E-state index contributed by atoms with van der Waals surface area (Å²) in [4.78, 5) is 5.01. The van der Waals surface area contributed by atoms with E-state index in [1.165, 1.54) is 49.5 Å². The molecular formula is C27H35N3O. The van der Waals surface area contributed by atoms with Gasteiger partial charge in [-0.25, -0.2) is 4.99 Å². The topological polar surface area (TPSA) is 45.7 Å². The van der Waals surface area contributed by atoms with Crippen LogP contribution in [0.4, 0.5) is 11.4 Å². The maximum atomic E-state index is 6.39. The van der Waals surface area contributed by atoms with Gasteiger partial charge in [0, 0.05) is 29.1 Å². The summed E-state index contributed by atoms with van der Waals surface area (Å²) < 4.78 is 6.39. The second-order valence-electron chi connectivity index (χ2n) is 8.56. The number of aliphatic imine (C=N–C) groups is 1. The van der Waals surface area contributed by atoms with Crippen LogP contribution in [-0.4, -0.2) is 24.8 Å². The Labute approximate surface area is 186 Å². The Bertz CT molecular complexity index is 1020. The largest absolute Gasteiger partial charge is 0.453 e. The predicted octanol–water partition coefficient (Wildman–Crippen LogP) is 6.90. The van der Waals surface area contributed by atoms with E-state index >= 15 is 0 Å². The average molecular weight is 418 g/mol. The van der Waals surface area contributed by atoms with Crippen LogP contribution in [0.3, 0.4) is 0 Å². The number of nitrogens with zero attached hydrogens (tertiary/aromatic N) is 1. The summed E-state index contributed by atoms with van der Waals surface area (Å²) >= 11 is 0. The van der Waals surface area contributed by atoms with Crippen LogP contribution in [0.15, 0.2) is 58.8 Å². The molecule has 2 aliphatic rings. The maximum Gasteiger partial charge on any atom is 0.155 e. The number of rotatable bonds is 10. The molecule has 1 aliphatic carbocycles. The number of hydrogen-bond acceptors (Lipinski definition) is 4. The molecule has 2 N–H and O–H groups in total. The van der Waals surface area contributed by atoms with Gasteiger partial charge in [0.05, 0.1) is 6.04 Å². The summed E-state index contributed by atoms with van der Waals surface area (Å²) in [5.41, 5.74) is 4.24. The van der Waals surface area contributed by atoms with Crippen molar-refractivity contribution >= 4 is 27.9 Å². The molecule has 31 heavy (non-hydrogen) atoms. The first-order valence-corrected chi connectivity index (χ1v) is 11.9. The van der Waals surface area contributed by atoms with Crippen molar-refractivity contribution < 1.29 is 4.74 Å². The van der Waals surface area contributed by atoms with E-state index in [1.54, 1.807) is 0 Å². The fourth-order valence-corrected chi connectivity index (χ4v) is 4.40. The molecule has 1 heterocycles. The Morgan fingerprint density at radius 3 is 2.58 bits per heavy atom. The van der Waals surface area contributed by atoms with Crippen molar-refractivity contribution in [3.8, 4) is 5.75 Å². The van der Waals surface area contributed by atoms with Crippen molar-refractivity contribution in [1.82, 2.24) is 5.32 Å². The summed E-state index contributed by atoms with van der Waals surface area (Å²) in [5.74, 6) is 1.68. The number of benzene rings is 2. The first-order chi connectivity index (χ1) is 15.2. The number of nitrogens with one attached hydrogen (secondary N) is 2. The highest BCUT2D eigenvalue weighted by Gasteiger charge is 2.26. The zero-order valence-electron chi connectivity index (χ0n) is 19.1. The van der Waals surface area contributed by atoms with Crippen molar-refractivity contribution in [3.05, 3.63) is 53.8 Å². The van der Waals surface area contributed by atoms with Crippen molar-refractivity contribution in [2.75, 3.05) is 18.4 Å². The van der Waals surface area contributed by atoms with Crippen LogP contribution in [-0.2, 0) is 0 Å². The highest BCUT2D eigenvalue weighted by molar-refractivity contribution is 6.14. The Morgan fingerprint density at radius 2 is 1.77 bits per heavy atom. The second kappa shape index (κ2) is 10.1. The van der Waals surface area contributed by atoms with Crippen LogP contribution < -0.4 is 15.4 Å². The monoisotopic (exact) mass is 417 g/mol. The normalized spacial score (nSPS) is 17.3. The summed E-state index contributed by atoms with van der Waals surface area (Å²) in [6.45, 7) is 8.43. The molecule has 0 spiro atoms. The van der Waals surface area contributed by atoms with Crippen molar-refractivity contribution in [2.45, 2.75) is 65.3 Å². The van der Waals surface area contributed by atoms with Gasteiger partial charge in [-0.1, -0.05) is 75.8 Å². The number of fused-ring (bicyclic) bond motifs is 4. The van der Waals surface area contributed by atoms with E-state index in [4.69, 9.17) is 9.73 Å². The standard InChI is InChI=1S/C27H35N3O/c1-4-6-7-8-9-12-15-29-23-18-26-27(21-14-11-10-13-20(21)23)30-24-16-19(3)22(28-5-2)17-25(24)31-26/h10-11,13-14,16-18,22,28-29H,4-9,12,15H2,1-3H3. The minimum Gasteiger partial charge on any atom is -0.453 e. The van der Waals surface area contributed by atoms with Gasteiger partial charge in [-0.15, -0.1) is 0 Å². The molecule has 2 aromatic rings. The molecule has 0 radical (unpaired) electrons. The average Bonchev–Trinajstić information content (AvgIpc) is 2.78. The number of anilines is 1. The molecule has 0 saturated carbocycles. The molecule has 0 saturated heterocycles. The molecule has 4 nitrogen and oxygen atoms in total. The predicted molar refractivity (Wildman–Crippen MR) is 133 cm³/mol. The molecule has 164 valence electrons. The molecule has 0 amide bonds. The summed E-state index contributed by atoms with van der Waals surface area (Å²) in [5, 5.41) is 9.50. The van der Waals surface area contributed by atoms with Crippen LogP contribution in [0.5, 0.6) is 5.75 Å². The Morgan fingerprint density at radius 1 is 1.00 bits per heavy atom. The van der Waals surface area contributed by atoms with Crippen LogP contribution in [0, 0.1) is 0 Å². The number of unbranched alkanes of at least 4 members (excludes halogenated alkanes) is 5. The van der Waals surface area contributed by atoms with E-state index in [-0.39, 0.29) is 6.04 Å². The van der Waals surface area contributed by atoms with Gasteiger partial charge in [0.2, 0.25) is 0 Å². The third kappa shape index (κ3) is 4.85. The van der Waals surface area contributed by atoms with E-state index in [0.29, 0.717) is 0 Å². The molecule has 2 aromatic carbocycles. The summed E-state index contributed by atoms with van der Waals surface area (Å²) in [7, 11) is 0. The van der Waals surface area contributed by atoms with E-state index in [1.807, 2.05) is 0 Å². The number of allylic oxidation sites excluding steroid dienone is 1. The van der Waals surface area contributed by atoms with Crippen LogP contribution in [0.25, 0.3) is 10.8 Å². The van der Waals surface area contributed by atoms with Crippen LogP contribution >= 0.6 is 0 Å². The number of hydrogen-bond donors (Lipinski definition) is 2. The lowest BCUT2D eigenvalue weighted by Gasteiger charge is -2.27. The quantitative estimate of drug-likeness (QED) is 0.413. The third-order valence-electron chi connectivity index (χ3n) is 6.13. The molecular weight excluding hydrogens is 382 g/mol. The zero-order valence-corrected chi connectivity index (χ0v) is 19.1. The minimum absolute atomic E-state index is 0.200. The van der Waals surface area contributed by atoms with Gasteiger partial charge in [-0.05, 0) is 32.0 Å². The smallest absolute Gasteiger partial charge is 0.155 e. The lowest BCUT2D eigenvalue weighted by molar-refractivity contribution is 0.443. The minimum atomic E-state index is 0.200. The highest BCUT2D eigenvalue weighted by atomic mass is 16.5. The Kier molecular flexibility index (Phi) is 7.08. The fraction of sp³-hybridized carbons (Fsp3) is 0.444. The Hall–Kier alpha value is -2.59. The zero-order chi connectivity index (χ0) is 21.6. The molecule has 4 rings (SSSR count). The van der Waals surface area contributed by atoms with Crippen LogP contribution in [0.1, 0.15) is 59.3 Å². The fourth-order valence-electron chi connectivity index (χ4n) is 4.40. The Balaban J connectivity index is 1.57. The summed E-state index contributed by atoms with van der Waals surface area (Å²) in [6, 6.07) is 10.8. The van der Waals surface area contributed by atoms with Gasteiger partial charge in [-0.2, -0.15) is 0 Å². The van der Waals surface area contributed by atoms with Crippen molar-refractivity contribution in [3.63, 3.8) is 0 Å². The molecule has 4 heteroatoms. The van der Waals surface area contributed by atoms with Gasteiger partial charge in [-0.3, -0.25) is 0 Å². The van der Waals surface area contributed by atoms with Crippen molar-refractivity contribution in [2.24, 2.45) is 4.99 Å². The SMILES string of the molecule is CCCCCCCCNc1cc2c(c3ccccc13)N=C1C=C(C)C(NCC)C=C1O2.